The fraction of sp³-hybridized carbons (Fsp3) is 0. The molecule has 8 heteroatoms. The summed E-state index contributed by atoms with van der Waals surface area (Å²) in [5, 5.41) is 31.4. The van der Waals surface area contributed by atoms with Gasteiger partial charge in [-0.1, -0.05) is 36.4 Å². The molecule has 2 aromatic heterocycles. The van der Waals surface area contributed by atoms with Crippen LogP contribution < -0.4 is 0 Å². The highest BCUT2D eigenvalue weighted by Gasteiger charge is 1.89. The number of benzene rings is 2. The van der Waals surface area contributed by atoms with Crippen LogP contribution in [-0.4, -0.2) is 42.5 Å². The number of aliphatic carboxylic acids is 2. The van der Waals surface area contributed by atoms with E-state index in [1.165, 1.54) is 0 Å². The number of hydrogen-bond acceptors (Lipinski definition) is 4. The first kappa shape index (κ1) is 18.4. The van der Waals surface area contributed by atoms with E-state index in [0.717, 1.165) is 21.8 Å². The lowest BCUT2D eigenvalue weighted by molar-refractivity contribution is -0.134. The smallest absolute Gasteiger partial charge is 0.328 e. The lowest BCUT2D eigenvalue weighted by atomic mass is 10.3. The predicted octanol–water partition coefficient (Wildman–Crippen LogP) is 2.84. The summed E-state index contributed by atoms with van der Waals surface area (Å²) in [5.41, 5.74) is 2.19. The van der Waals surface area contributed by atoms with Gasteiger partial charge in [0.2, 0.25) is 0 Å². The molecule has 0 spiro atoms. The fourth-order valence-corrected chi connectivity index (χ4v) is 1.91. The van der Waals surface area contributed by atoms with Crippen molar-refractivity contribution < 1.29 is 19.8 Å². The van der Waals surface area contributed by atoms with Gasteiger partial charge in [-0.15, -0.1) is 0 Å². The van der Waals surface area contributed by atoms with Gasteiger partial charge in [0, 0.05) is 22.9 Å². The molecule has 0 amide bonds. The maximum absolute atomic E-state index is 9.55. The standard InChI is InChI=1S/2C7H6N2.C4H4O4/c2*1-2-4-7-6(3-1)5-8-9-7;5-3(6)1-2-4(7)8/h2*1-5H,(H,8,9);1-2H,(H,5,6)(H,7,8)/b;;2-1+. The molecule has 2 heterocycles. The molecule has 0 fully saturated rings. The molecule has 0 saturated heterocycles. The number of carboxylic acid groups (broad SMARTS) is 2. The van der Waals surface area contributed by atoms with E-state index >= 15 is 0 Å². The maximum Gasteiger partial charge on any atom is 0.328 e. The molecule has 132 valence electrons. The second kappa shape index (κ2) is 9.38. The molecule has 0 radical (unpaired) electrons. The molecule has 2 aromatic carbocycles. The van der Waals surface area contributed by atoms with E-state index in [9.17, 15) is 9.59 Å². The number of nitrogens with one attached hydrogen (secondary N) is 2. The molecule has 0 aliphatic rings. The van der Waals surface area contributed by atoms with Gasteiger partial charge in [-0.3, -0.25) is 10.2 Å². The van der Waals surface area contributed by atoms with E-state index in [-0.39, 0.29) is 0 Å². The number of fused-ring (bicyclic) bond motifs is 2. The molecule has 0 bridgehead atoms. The van der Waals surface area contributed by atoms with Crippen molar-refractivity contribution in [2.75, 3.05) is 0 Å². The Labute approximate surface area is 147 Å². The van der Waals surface area contributed by atoms with Crippen molar-refractivity contribution in [2.24, 2.45) is 0 Å². The monoisotopic (exact) mass is 352 g/mol. The van der Waals surface area contributed by atoms with Gasteiger partial charge in [0.05, 0.1) is 23.4 Å². The zero-order valence-electron chi connectivity index (χ0n) is 13.5. The van der Waals surface area contributed by atoms with Gasteiger partial charge in [-0.25, -0.2) is 9.59 Å². The van der Waals surface area contributed by atoms with Gasteiger partial charge >= 0.3 is 11.9 Å². The van der Waals surface area contributed by atoms with E-state index < -0.39 is 11.9 Å². The normalized spacial score (nSPS) is 10.0. The first-order chi connectivity index (χ1) is 12.6. The van der Waals surface area contributed by atoms with E-state index in [4.69, 9.17) is 10.2 Å². The molecule has 0 saturated carbocycles. The van der Waals surface area contributed by atoms with Gasteiger partial charge in [0.1, 0.15) is 0 Å². The van der Waals surface area contributed by atoms with Gasteiger partial charge in [0.15, 0.2) is 0 Å². The Morgan fingerprint density at radius 3 is 1.46 bits per heavy atom. The van der Waals surface area contributed by atoms with Crippen LogP contribution in [-0.2, 0) is 9.59 Å². The number of hydrogen-bond donors (Lipinski definition) is 4. The van der Waals surface area contributed by atoms with Crippen LogP contribution in [0.4, 0.5) is 0 Å². The van der Waals surface area contributed by atoms with Crippen LogP contribution in [0.1, 0.15) is 0 Å². The lowest BCUT2D eigenvalue weighted by Gasteiger charge is -1.81. The van der Waals surface area contributed by atoms with Gasteiger partial charge in [0.25, 0.3) is 0 Å². The molecule has 0 atom stereocenters. The van der Waals surface area contributed by atoms with Crippen LogP contribution in [0.25, 0.3) is 21.8 Å². The Hall–Kier alpha value is -3.94. The lowest BCUT2D eigenvalue weighted by Crippen LogP contribution is -1.91. The number of para-hydroxylation sites is 2. The van der Waals surface area contributed by atoms with Crippen molar-refractivity contribution in [2.45, 2.75) is 0 Å². The molecular weight excluding hydrogens is 336 g/mol. The zero-order chi connectivity index (χ0) is 18.8. The Kier molecular flexibility index (Phi) is 6.64. The molecular formula is C18H16N4O4. The summed E-state index contributed by atoms with van der Waals surface area (Å²) in [4.78, 5) is 19.1. The first-order valence-electron chi connectivity index (χ1n) is 7.46. The van der Waals surface area contributed by atoms with Crippen molar-refractivity contribution >= 4 is 33.7 Å². The van der Waals surface area contributed by atoms with Crippen LogP contribution >= 0.6 is 0 Å². The Morgan fingerprint density at radius 1 is 0.731 bits per heavy atom. The second-order valence-electron chi connectivity index (χ2n) is 4.92. The van der Waals surface area contributed by atoms with Crippen LogP contribution in [0.3, 0.4) is 0 Å². The van der Waals surface area contributed by atoms with Crippen molar-refractivity contribution in [3.8, 4) is 0 Å². The summed E-state index contributed by atoms with van der Waals surface area (Å²) in [6.07, 6.45) is 4.75. The van der Waals surface area contributed by atoms with Gasteiger partial charge < -0.3 is 10.2 Å². The highest BCUT2D eigenvalue weighted by atomic mass is 16.4. The predicted molar refractivity (Wildman–Crippen MR) is 96.6 cm³/mol. The minimum absolute atomic E-state index is 0.558. The van der Waals surface area contributed by atoms with Crippen molar-refractivity contribution in [1.29, 1.82) is 0 Å². The quantitative estimate of drug-likeness (QED) is 0.410. The van der Waals surface area contributed by atoms with E-state index in [0.29, 0.717) is 12.2 Å². The fourth-order valence-electron chi connectivity index (χ4n) is 1.91. The van der Waals surface area contributed by atoms with Crippen LogP contribution in [0.5, 0.6) is 0 Å². The summed E-state index contributed by atoms with van der Waals surface area (Å²) in [7, 11) is 0. The SMILES string of the molecule is O=C(O)/C=C/C(=O)O.c1ccc2[nH]ncc2c1.c1ccc2[nH]ncc2c1. The minimum Gasteiger partial charge on any atom is -0.478 e. The molecule has 4 rings (SSSR count). The third-order valence-corrected chi connectivity index (χ3v) is 3.07. The first-order valence-corrected chi connectivity index (χ1v) is 7.46. The summed E-state index contributed by atoms with van der Waals surface area (Å²) in [6, 6.07) is 16.0. The third kappa shape index (κ3) is 5.93. The summed E-state index contributed by atoms with van der Waals surface area (Å²) >= 11 is 0. The topological polar surface area (TPSA) is 132 Å². The average molecular weight is 352 g/mol. The van der Waals surface area contributed by atoms with E-state index in [2.05, 4.69) is 20.4 Å². The molecule has 0 unspecified atom stereocenters. The minimum atomic E-state index is -1.26. The zero-order valence-corrected chi connectivity index (χ0v) is 13.5. The molecule has 0 aliphatic heterocycles. The highest BCUT2D eigenvalue weighted by molar-refractivity contribution is 5.89. The number of carbonyl (C=O) groups is 2. The molecule has 4 N–H and O–H groups in total. The van der Waals surface area contributed by atoms with Crippen molar-refractivity contribution in [1.82, 2.24) is 20.4 Å². The van der Waals surface area contributed by atoms with Gasteiger partial charge in [-0.05, 0) is 12.1 Å². The number of nitrogens with zero attached hydrogens (tertiary/aromatic N) is 2. The largest absolute Gasteiger partial charge is 0.478 e. The summed E-state index contributed by atoms with van der Waals surface area (Å²) in [6.45, 7) is 0. The number of rotatable bonds is 2. The molecule has 0 aliphatic carbocycles. The maximum atomic E-state index is 9.55. The Bertz CT molecular complexity index is 878. The average Bonchev–Trinajstić information content (AvgIpc) is 3.30. The molecule has 8 nitrogen and oxygen atoms in total. The summed E-state index contributed by atoms with van der Waals surface area (Å²) < 4.78 is 0. The van der Waals surface area contributed by atoms with E-state index in [1.54, 1.807) is 0 Å². The Balaban J connectivity index is 0.000000141. The number of aromatic nitrogens is 4. The van der Waals surface area contributed by atoms with E-state index in [1.807, 2.05) is 60.9 Å². The Morgan fingerprint density at radius 2 is 1.12 bits per heavy atom. The number of carboxylic acids is 2. The van der Waals surface area contributed by atoms with Crippen molar-refractivity contribution in [3.63, 3.8) is 0 Å². The molecule has 26 heavy (non-hydrogen) atoms. The van der Waals surface area contributed by atoms with Crippen LogP contribution in [0, 0.1) is 0 Å². The van der Waals surface area contributed by atoms with Crippen LogP contribution in [0.15, 0.2) is 73.1 Å². The highest BCUT2D eigenvalue weighted by Crippen LogP contribution is 2.07. The summed E-state index contributed by atoms with van der Waals surface area (Å²) in [5.74, 6) is -2.51. The number of H-pyrrole nitrogens is 2. The second-order valence-corrected chi connectivity index (χ2v) is 4.92. The van der Waals surface area contributed by atoms with Crippen LogP contribution in [0.2, 0.25) is 0 Å². The molecule has 4 aromatic rings. The van der Waals surface area contributed by atoms with Gasteiger partial charge in [-0.2, -0.15) is 10.2 Å². The van der Waals surface area contributed by atoms with Crippen molar-refractivity contribution in [3.05, 3.63) is 73.1 Å². The number of aromatic amines is 2. The third-order valence-electron chi connectivity index (χ3n) is 3.07.